The van der Waals surface area contributed by atoms with Crippen LogP contribution in [0.3, 0.4) is 0 Å². The highest BCUT2D eigenvalue weighted by molar-refractivity contribution is 7.91. The Morgan fingerprint density at radius 2 is 1.76 bits per heavy atom. The van der Waals surface area contributed by atoms with Crippen LogP contribution >= 0.6 is 0 Å². The van der Waals surface area contributed by atoms with Crippen molar-refractivity contribution in [3.8, 4) is 0 Å². The third-order valence-electron chi connectivity index (χ3n) is 2.78. The van der Waals surface area contributed by atoms with E-state index in [9.17, 15) is 8.42 Å². The molecule has 0 amide bonds. The lowest BCUT2D eigenvalue weighted by Crippen LogP contribution is -2.27. The van der Waals surface area contributed by atoms with E-state index in [2.05, 4.69) is 10.6 Å². The van der Waals surface area contributed by atoms with E-state index in [0.29, 0.717) is 4.90 Å². The quantitative estimate of drug-likeness (QED) is 0.796. The fourth-order valence-corrected chi connectivity index (χ4v) is 2.55. The van der Waals surface area contributed by atoms with Crippen LogP contribution in [0.5, 0.6) is 0 Å². The van der Waals surface area contributed by atoms with Gasteiger partial charge in [-0.15, -0.1) is 0 Å². The van der Waals surface area contributed by atoms with Crippen molar-refractivity contribution in [3.05, 3.63) is 29.8 Å². The molecular formula is C12H20N2O2S. The molecule has 5 heteroatoms. The first kappa shape index (κ1) is 14.2. The van der Waals surface area contributed by atoms with Gasteiger partial charge in [-0.1, -0.05) is 19.1 Å². The summed E-state index contributed by atoms with van der Waals surface area (Å²) in [5.74, 6) is 0.137. The summed E-state index contributed by atoms with van der Waals surface area (Å²) < 4.78 is 23.3. The zero-order valence-corrected chi connectivity index (χ0v) is 11.3. The van der Waals surface area contributed by atoms with E-state index >= 15 is 0 Å². The zero-order chi connectivity index (χ0) is 12.9. The molecule has 0 spiro atoms. The fraction of sp³-hybridized carbons (Fsp3) is 0.500. The Morgan fingerprint density at radius 1 is 1.18 bits per heavy atom. The number of benzene rings is 1. The summed E-state index contributed by atoms with van der Waals surface area (Å²) in [5, 5.41) is 6.27. The average molecular weight is 256 g/mol. The second-order valence-corrected chi connectivity index (χ2v) is 6.15. The van der Waals surface area contributed by atoms with Crippen LogP contribution in [0, 0.1) is 0 Å². The lowest BCUT2D eigenvalue weighted by molar-refractivity contribution is 0.558. The van der Waals surface area contributed by atoms with Crippen molar-refractivity contribution in [1.29, 1.82) is 0 Å². The Labute approximate surface area is 103 Å². The molecule has 0 aliphatic heterocycles. The normalized spacial score (nSPS) is 13.6. The summed E-state index contributed by atoms with van der Waals surface area (Å²) in [4.78, 5) is 0.392. The predicted octanol–water partition coefficient (Wildman–Crippen LogP) is 0.960. The van der Waals surface area contributed by atoms with Crippen molar-refractivity contribution in [3.63, 3.8) is 0 Å². The smallest absolute Gasteiger partial charge is 0.178 e. The SMILES string of the molecule is CCS(=O)(=O)c1ccc(C(CNC)NC)cc1. The highest BCUT2D eigenvalue weighted by Crippen LogP contribution is 2.16. The van der Waals surface area contributed by atoms with E-state index in [1.807, 2.05) is 26.2 Å². The lowest BCUT2D eigenvalue weighted by atomic mass is 10.1. The Kier molecular flexibility index (Phi) is 5.11. The Balaban J connectivity index is 2.95. The number of nitrogens with one attached hydrogen (secondary N) is 2. The first-order valence-electron chi connectivity index (χ1n) is 5.69. The van der Waals surface area contributed by atoms with Gasteiger partial charge in [0.1, 0.15) is 0 Å². The molecule has 4 nitrogen and oxygen atoms in total. The predicted molar refractivity (Wildman–Crippen MR) is 69.9 cm³/mol. The standard InChI is InChI=1S/C12H20N2O2S/c1-4-17(15,16)11-7-5-10(6-8-11)12(14-3)9-13-2/h5-8,12-14H,4,9H2,1-3H3. The topological polar surface area (TPSA) is 58.2 Å². The van der Waals surface area contributed by atoms with Crippen molar-refractivity contribution in [2.45, 2.75) is 17.9 Å². The largest absolute Gasteiger partial charge is 0.318 e. The molecule has 1 unspecified atom stereocenters. The molecule has 96 valence electrons. The number of rotatable bonds is 6. The molecule has 1 atom stereocenters. The molecule has 0 radical (unpaired) electrons. The monoisotopic (exact) mass is 256 g/mol. The van der Waals surface area contributed by atoms with Gasteiger partial charge in [-0.2, -0.15) is 0 Å². The Bertz CT molecular complexity index is 440. The van der Waals surface area contributed by atoms with Gasteiger partial charge in [-0.25, -0.2) is 8.42 Å². The fourth-order valence-electron chi connectivity index (χ4n) is 1.66. The van der Waals surface area contributed by atoms with Crippen LogP contribution in [0.2, 0.25) is 0 Å². The van der Waals surface area contributed by atoms with E-state index in [1.54, 1.807) is 19.1 Å². The van der Waals surface area contributed by atoms with Gasteiger partial charge in [0.2, 0.25) is 0 Å². The van der Waals surface area contributed by atoms with Gasteiger partial charge < -0.3 is 10.6 Å². The first-order valence-corrected chi connectivity index (χ1v) is 7.35. The van der Waals surface area contributed by atoms with Crippen LogP contribution in [0.15, 0.2) is 29.2 Å². The van der Waals surface area contributed by atoms with E-state index in [4.69, 9.17) is 0 Å². The highest BCUT2D eigenvalue weighted by atomic mass is 32.2. The van der Waals surface area contributed by atoms with E-state index in [0.717, 1.165) is 12.1 Å². The number of hydrogen-bond donors (Lipinski definition) is 2. The molecule has 17 heavy (non-hydrogen) atoms. The van der Waals surface area contributed by atoms with Crippen LogP contribution in [-0.2, 0) is 9.84 Å². The second kappa shape index (κ2) is 6.14. The maximum absolute atomic E-state index is 11.6. The summed E-state index contributed by atoms with van der Waals surface area (Å²) in [6, 6.07) is 7.27. The van der Waals surface area contributed by atoms with Gasteiger partial charge in [-0.05, 0) is 31.8 Å². The van der Waals surface area contributed by atoms with E-state index in [1.165, 1.54) is 0 Å². The summed E-state index contributed by atoms with van der Waals surface area (Å²) in [6.45, 7) is 2.46. The van der Waals surface area contributed by atoms with Gasteiger partial charge in [0.25, 0.3) is 0 Å². The molecule has 0 aliphatic rings. The van der Waals surface area contributed by atoms with Crippen LogP contribution in [0.25, 0.3) is 0 Å². The van der Waals surface area contributed by atoms with Crippen LogP contribution < -0.4 is 10.6 Å². The molecule has 0 bridgehead atoms. The third kappa shape index (κ3) is 3.52. The average Bonchev–Trinajstić information content (AvgIpc) is 2.36. The molecule has 0 aliphatic carbocycles. The van der Waals surface area contributed by atoms with E-state index < -0.39 is 9.84 Å². The lowest BCUT2D eigenvalue weighted by Gasteiger charge is -2.16. The minimum atomic E-state index is -3.10. The zero-order valence-electron chi connectivity index (χ0n) is 10.5. The number of sulfone groups is 1. The molecule has 2 N–H and O–H groups in total. The first-order chi connectivity index (χ1) is 8.05. The van der Waals surface area contributed by atoms with Gasteiger partial charge >= 0.3 is 0 Å². The molecular weight excluding hydrogens is 236 g/mol. The molecule has 1 aromatic rings. The van der Waals surface area contributed by atoms with Crippen LogP contribution in [0.1, 0.15) is 18.5 Å². The molecule has 0 saturated heterocycles. The summed E-state index contributed by atoms with van der Waals surface area (Å²) in [5.41, 5.74) is 1.08. The summed E-state index contributed by atoms with van der Waals surface area (Å²) >= 11 is 0. The Morgan fingerprint density at radius 3 is 2.18 bits per heavy atom. The van der Waals surface area contributed by atoms with Crippen LogP contribution in [-0.4, -0.2) is 34.8 Å². The van der Waals surface area contributed by atoms with Gasteiger partial charge in [0.05, 0.1) is 10.6 Å². The molecule has 1 rings (SSSR count). The number of likely N-dealkylation sites (N-methyl/N-ethyl adjacent to an activating group) is 2. The summed E-state index contributed by atoms with van der Waals surface area (Å²) in [6.07, 6.45) is 0. The minimum absolute atomic E-state index is 0.137. The van der Waals surface area contributed by atoms with Gasteiger partial charge in [-0.3, -0.25) is 0 Å². The van der Waals surface area contributed by atoms with E-state index in [-0.39, 0.29) is 11.8 Å². The van der Waals surface area contributed by atoms with Crippen molar-refractivity contribution in [2.75, 3.05) is 26.4 Å². The van der Waals surface area contributed by atoms with Crippen molar-refractivity contribution in [1.82, 2.24) is 10.6 Å². The molecule has 0 saturated carbocycles. The molecule has 0 fully saturated rings. The van der Waals surface area contributed by atoms with Gasteiger partial charge in [0.15, 0.2) is 9.84 Å². The van der Waals surface area contributed by atoms with Crippen molar-refractivity contribution < 1.29 is 8.42 Å². The minimum Gasteiger partial charge on any atom is -0.318 e. The van der Waals surface area contributed by atoms with Gasteiger partial charge in [0, 0.05) is 12.6 Å². The second-order valence-electron chi connectivity index (χ2n) is 3.87. The number of hydrogen-bond acceptors (Lipinski definition) is 4. The maximum Gasteiger partial charge on any atom is 0.178 e. The molecule has 0 aromatic heterocycles. The third-order valence-corrected chi connectivity index (χ3v) is 4.53. The molecule has 0 heterocycles. The maximum atomic E-state index is 11.6. The van der Waals surface area contributed by atoms with Crippen molar-refractivity contribution in [2.24, 2.45) is 0 Å². The van der Waals surface area contributed by atoms with Crippen LogP contribution in [0.4, 0.5) is 0 Å². The molecule has 1 aromatic carbocycles. The highest BCUT2D eigenvalue weighted by Gasteiger charge is 2.13. The summed E-state index contributed by atoms with van der Waals surface area (Å²) in [7, 11) is 0.681. The van der Waals surface area contributed by atoms with Crippen molar-refractivity contribution >= 4 is 9.84 Å². The Hall–Kier alpha value is -0.910.